The van der Waals surface area contributed by atoms with Crippen LogP contribution in [-0.4, -0.2) is 25.4 Å². The molecular weight excluding hydrogens is 346 g/mol. The third-order valence-electron chi connectivity index (χ3n) is 4.39. The number of para-hydroxylation sites is 3. The Morgan fingerprint density at radius 3 is 2.56 bits per heavy atom. The Morgan fingerprint density at radius 2 is 1.78 bits per heavy atom. The van der Waals surface area contributed by atoms with E-state index < -0.39 is 23.2 Å². The normalized spacial score (nSPS) is 12.3. The van der Waals surface area contributed by atoms with Crippen LogP contribution in [0.2, 0.25) is 0 Å². The van der Waals surface area contributed by atoms with Gasteiger partial charge >= 0.3 is 5.69 Å². The highest BCUT2D eigenvalue weighted by molar-refractivity contribution is 5.79. The SMILES string of the molecule is C[C@H](NC(=O)Cn1c(=O)[nH]c2ccccc2c1=O)c1nc2ccccc2[nH]1. The molecule has 2 heterocycles. The number of nitrogens with zero attached hydrogens (tertiary/aromatic N) is 2. The fourth-order valence-electron chi connectivity index (χ4n) is 3.02. The molecular formula is C19H17N5O3. The van der Waals surface area contributed by atoms with E-state index in [1.807, 2.05) is 24.3 Å². The van der Waals surface area contributed by atoms with E-state index in [-0.39, 0.29) is 6.54 Å². The van der Waals surface area contributed by atoms with Gasteiger partial charge in [-0.2, -0.15) is 0 Å². The minimum Gasteiger partial charge on any atom is -0.345 e. The van der Waals surface area contributed by atoms with Crippen molar-refractivity contribution in [3.63, 3.8) is 0 Å². The Bertz CT molecular complexity index is 1230. The quantitative estimate of drug-likeness (QED) is 0.509. The molecule has 0 radical (unpaired) electrons. The van der Waals surface area contributed by atoms with Crippen LogP contribution >= 0.6 is 0 Å². The van der Waals surface area contributed by atoms with Crippen LogP contribution in [0.15, 0.2) is 58.1 Å². The largest absolute Gasteiger partial charge is 0.345 e. The van der Waals surface area contributed by atoms with E-state index in [2.05, 4.69) is 20.3 Å². The minimum absolute atomic E-state index is 0.357. The molecule has 1 amide bonds. The molecule has 0 fully saturated rings. The lowest BCUT2D eigenvalue weighted by Crippen LogP contribution is -2.41. The van der Waals surface area contributed by atoms with Crippen LogP contribution in [0.4, 0.5) is 0 Å². The summed E-state index contributed by atoms with van der Waals surface area (Å²) in [5.41, 5.74) is 0.998. The Hall–Kier alpha value is -3.68. The fraction of sp³-hybridized carbons (Fsp3) is 0.158. The van der Waals surface area contributed by atoms with Crippen molar-refractivity contribution in [1.29, 1.82) is 0 Å². The van der Waals surface area contributed by atoms with Crippen LogP contribution in [0.1, 0.15) is 18.8 Å². The zero-order valence-electron chi connectivity index (χ0n) is 14.5. The molecule has 2 aromatic heterocycles. The average molecular weight is 363 g/mol. The zero-order chi connectivity index (χ0) is 19.0. The first-order valence-corrected chi connectivity index (χ1v) is 8.49. The molecule has 0 bridgehead atoms. The molecule has 0 aliphatic rings. The van der Waals surface area contributed by atoms with Gasteiger partial charge in [0.05, 0.1) is 28.0 Å². The number of hydrogen-bond donors (Lipinski definition) is 3. The molecule has 0 saturated heterocycles. The first-order valence-electron chi connectivity index (χ1n) is 8.49. The van der Waals surface area contributed by atoms with Gasteiger partial charge in [0.15, 0.2) is 0 Å². The number of rotatable bonds is 4. The molecule has 3 N–H and O–H groups in total. The topological polar surface area (TPSA) is 113 Å². The van der Waals surface area contributed by atoms with Crippen LogP contribution in [0.25, 0.3) is 21.9 Å². The second-order valence-corrected chi connectivity index (χ2v) is 6.30. The van der Waals surface area contributed by atoms with Gasteiger partial charge in [0.25, 0.3) is 5.56 Å². The summed E-state index contributed by atoms with van der Waals surface area (Å²) in [6.45, 7) is 1.41. The van der Waals surface area contributed by atoms with Gasteiger partial charge in [-0.3, -0.25) is 14.2 Å². The van der Waals surface area contributed by atoms with Crippen LogP contribution in [-0.2, 0) is 11.3 Å². The molecule has 0 spiro atoms. The molecule has 0 saturated carbocycles. The van der Waals surface area contributed by atoms with Gasteiger partial charge in [-0.15, -0.1) is 0 Å². The standard InChI is InChI=1S/C19H17N5O3/c1-11(17-21-14-8-4-5-9-15(14)22-17)20-16(25)10-24-18(26)12-6-2-3-7-13(12)23-19(24)27/h2-9,11H,10H2,1H3,(H,20,25)(H,21,22)(H,23,27)/t11-/m0/s1. The Kier molecular flexibility index (Phi) is 4.08. The van der Waals surface area contributed by atoms with Gasteiger partial charge < -0.3 is 15.3 Å². The predicted octanol–water partition coefficient (Wildman–Crippen LogP) is 1.44. The van der Waals surface area contributed by atoms with E-state index in [1.54, 1.807) is 31.2 Å². The Labute approximate surface area is 152 Å². The first-order chi connectivity index (χ1) is 13.0. The van der Waals surface area contributed by atoms with Crippen molar-refractivity contribution in [3.8, 4) is 0 Å². The van der Waals surface area contributed by atoms with Crippen molar-refractivity contribution in [3.05, 3.63) is 75.2 Å². The Morgan fingerprint density at radius 1 is 1.07 bits per heavy atom. The number of carbonyl (C=O) groups excluding carboxylic acids is 1. The number of aromatic amines is 2. The van der Waals surface area contributed by atoms with E-state index in [9.17, 15) is 14.4 Å². The van der Waals surface area contributed by atoms with Crippen molar-refractivity contribution < 1.29 is 4.79 Å². The maximum absolute atomic E-state index is 12.5. The molecule has 1 atom stereocenters. The summed E-state index contributed by atoms with van der Waals surface area (Å²) in [4.78, 5) is 47.3. The highest BCUT2D eigenvalue weighted by Crippen LogP contribution is 2.15. The van der Waals surface area contributed by atoms with Crippen LogP contribution < -0.4 is 16.6 Å². The molecule has 2 aromatic carbocycles. The van der Waals surface area contributed by atoms with Gasteiger partial charge in [-0.05, 0) is 31.2 Å². The number of amides is 1. The molecule has 8 nitrogen and oxygen atoms in total. The van der Waals surface area contributed by atoms with Gasteiger partial charge in [0, 0.05) is 0 Å². The lowest BCUT2D eigenvalue weighted by atomic mass is 10.2. The number of nitrogens with one attached hydrogen (secondary N) is 3. The van der Waals surface area contributed by atoms with E-state index in [4.69, 9.17) is 0 Å². The van der Waals surface area contributed by atoms with Crippen molar-refractivity contribution in [2.45, 2.75) is 19.5 Å². The molecule has 136 valence electrons. The second-order valence-electron chi connectivity index (χ2n) is 6.30. The zero-order valence-corrected chi connectivity index (χ0v) is 14.5. The van der Waals surface area contributed by atoms with Crippen molar-refractivity contribution >= 4 is 27.8 Å². The molecule has 4 rings (SSSR count). The molecule has 0 aliphatic carbocycles. The lowest BCUT2D eigenvalue weighted by molar-refractivity contribution is -0.122. The third kappa shape index (κ3) is 3.12. The lowest BCUT2D eigenvalue weighted by Gasteiger charge is -2.12. The summed E-state index contributed by atoms with van der Waals surface area (Å²) in [6.07, 6.45) is 0. The average Bonchev–Trinajstić information content (AvgIpc) is 3.09. The predicted molar refractivity (Wildman–Crippen MR) is 101 cm³/mol. The number of hydrogen-bond acceptors (Lipinski definition) is 4. The number of H-pyrrole nitrogens is 2. The summed E-state index contributed by atoms with van der Waals surface area (Å²) in [5.74, 6) is 0.148. The van der Waals surface area contributed by atoms with Crippen molar-refractivity contribution in [1.82, 2.24) is 24.8 Å². The monoisotopic (exact) mass is 363 g/mol. The van der Waals surface area contributed by atoms with Crippen LogP contribution in [0, 0.1) is 0 Å². The highest BCUT2D eigenvalue weighted by Gasteiger charge is 2.16. The fourth-order valence-corrected chi connectivity index (χ4v) is 3.02. The van der Waals surface area contributed by atoms with E-state index in [0.717, 1.165) is 15.6 Å². The second kappa shape index (κ2) is 6.56. The van der Waals surface area contributed by atoms with Crippen molar-refractivity contribution in [2.24, 2.45) is 0 Å². The van der Waals surface area contributed by atoms with E-state index in [0.29, 0.717) is 16.7 Å². The first kappa shape index (κ1) is 16.8. The maximum Gasteiger partial charge on any atom is 0.329 e. The van der Waals surface area contributed by atoms with E-state index >= 15 is 0 Å². The smallest absolute Gasteiger partial charge is 0.329 e. The summed E-state index contributed by atoms with van der Waals surface area (Å²) in [6, 6.07) is 13.8. The molecule has 8 heteroatoms. The number of benzene rings is 2. The molecule has 4 aromatic rings. The van der Waals surface area contributed by atoms with Gasteiger partial charge in [0.1, 0.15) is 12.4 Å². The molecule has 27 heavy (non-hydrogen) atoms. The summed E-state index contributed by atoms with van der Waals surface area (Å²) >= 11 is 0. The highest BCUT2D eigenvalue weighted by atomic mass is 16.2. The molecule has 0 unspecified atom stereocenters. The van der Waals surface area contributed by atoms with Crippen LogP contribution in [0.5, 0.6) is 0 Å². The van der Waals surface area contributed by atoms with Gasteiger partial charge in [-0.25, -0.2) is 9.78 Å². The third-order valence-corrected chi connectivity index (χ3v) is 4.39. The van der Waals surface area contributed by atoms with E-state index in [1.165, 1.54) is 0 Å². The minimum atomic E-state index is -0.620. The van der Waals surface area contributed by atoms with Crippen molar-refractivity contribution in [2.75, 3.05) is 0 Å². The number of fused-ring (bicyclic) bond motifs is 2. The van der Waals surface area contributed by atoms with Crippen LogP contribution in [0.3, 0.4) is 0 Å². The summed E-state index contributed by atoms with van der Waals surface area (Å²) < 4.78 is 0.892. The maximum atomic E-state index is 12.5. The Balaban J connectivity index is 1.56. The number of aromatic nitrogens is 4. The van der Waals surface area contributed by atoms with Gasteiger partial charge in [0.2, 0.25) is 5.91 Å². The summed E-state index contributed by atoms with van der Waals surface area (Å²) in [5, 5.41) is 3.12. The number of carbonyl (C=O) groups is 1. The summed E-state index contributed by atoms with van der Waals surface area (Å²) in [7, 11) is 0. The van der Waals surface area contributed by atoms with Gasteiger partial charge in [-0.1, -0.05) is 24.3 Å². The molecule has 0 aliphatic heterocycles. The number of imidazole rings is 1.